The Labute approximate surface area is 126 Å². The second-order valence-electron chi connectivity index (χ2n) is 5.57. The molecular formula is C17H25NO3. The number of benzene rings is 1. The van der Waals surface area contributed by atoms with Gasteiger partial charge in [0.2, 0.25) is 5.91 Å². The summed E-state index contributed by atoms with van der Waals surface area (Å²) < 4.78 is 5.56. The topological polar surface area (TPSA) is 58.6 Å². The van der Waals surface area contributed by atoms with Crippen LogP contribution in [0.3, 0.4) is 0 Å². The lowest BCUT2D eigenvalue weighted by Crippen LogP contribution is -2.45. The van der Waals surface area contributed by atoms with E-state index in [1.165, 1.54) is 0 Å². The first-order valence-electron chi connectivity index (χ1n) is 7.89. The number of nitrogens with one attached hydrogen (secondary N) is 1. The number of ether oxygens (including phenoxy) is 1. The standard InChI is InChI=1S/C17H25NO3/c1-2-21-16-10-6-3-7-13(16)11-12-17(20)18-14-8-4-5-9-15(14)19/h3,6-7,10,14-15,19H,2,4-5,8-9,11-12H2,1H3,(H,18,20)/t14-,15-/m0/s1. The summed E-state index contributed by atoms with van der Waals surface area (Å²) in [7, 11) is 0. The van der Waals surface area contributed by atoms with Crippen molar-refractivity contribution in [3.05, 3.63) is 29.8 Å². The van der Waals surface area contributed by atoms with Crippen molar-refractivity contribution in [2.24, 2.45) is 0 Å². The van der Waals surface area contributed by atoms with Crippen LogP contribution in [0.15, 0.2) is 24.3 Å². The van der Waals surface area contributed by atoms with Crippen molar-refractivity contribution in [3.8, 4) is 5.75 Å². The van der Waals surface area contributed by atoms with Crippen LogP contribution in [0.2, 0.25) is 0 Å². The van der Waals surface area contributed by atoms with Crippen molar-refractivity contribution < 1.29 is 14.6 Å². The summed E-state index contributed by atoms with van der Waals surface area (Å²) in [6, 6.07) is 7.75. The molecule has 0 aromatic heterocycles. The monoisotopic (exact) mass is 291 g/mol. The van der Waals surface area contributed by atoms with Crippen molar-refractivity contribution in [1.82, 2.24) is 5.32 Å². The number of carbonyl (C=O) groups is 1. The number of aliphatic hydroxyl groups excluding tert-OH is 1. The summed E-state index contributed by atoms with van der Waals surface area (Å²) in [5.74, 6) is 0.859. The average molecular weight is 291 g/mol. The molecule has 21 heavy (non-hydrogen) atoms. The van der Waals surface area contributed by atoms with Crippen LogP contribution in [0, 0.1) is 0 Å². The minimum atomic E-state index is -0.390. The second kappa shape index (κ2) is 8.03. The molecular weight excluding hydrogens is 266 g/mol. The van der Waals surface area contributed by atoms with Crippen LogP contribution in [0.1, 0.15) is 44.6 Å². The first-order valence-corrected chi connectivity index (χ1v) is 7.89. The van der Waals surface area contributed by atoms with E-state index in [4.69, 9.17) is 4.74 Å². The molecule has 1 amide bonds. The van der Waals surface area contributed by atoms with E-state index in [0.29, 0.717) is 19.4 Å². The fourth-order valence-electron chi connectivity index (χ4n) is 2.81. The number of carbonyl (C=O) groups excluding carboxylic acids is 1. The van der Waals surface area contributed by atoms with E-state index in [1.54, 1.807) is 0 Å². The third kappa shape index (κ3) is 4.74. The summed E-state index contributed by atoms with van der Waals surface area (Å²) >= 11 is 0. The molecule has 2 atom stereocenters. The van der Waals surface area contributed by atoms with Gasteiger partial charge in [0.25, 0.3) is 0 Å². The molecule has 1 saturated carbocycles. The van der Waals surface area contributed by atoms with Crippen LogP contribution in [0.4, 0.5) is 0 Å². The van der Waals surface area contributed by atoms with Gasteiger partial charge in [-0.2, -0.15) is 0 Å². The SMILES string of the molecule is CCOc1ccccc1CCC(=O)N[C@H]1CCCC[C@@H]1O. The predicted molar refractivity (Wildman–Crippen MR) is 82.3 cm³/mol. The van der Waals surface area contributed by atoms with Crippen LogP contribution in [0.5, 0.6) is 5.75 Å². The van der Waals surface area contributed by atoms with Crippen LogP contribution in [-0.4, -0.2) is 29.8 Å². The van der Waals surface area contributed by atoms with E-state index >= 15 is 0 Å². The molecule has 0 heterocycles. The summed E-state index contributed by atoms with van der Waals surface area (Å²) in [4.78, 5) is 12.0. The van der Waals surface area contributed by atoms with Crippen molar-refractivity contribution in [2.75, 3.05) is 6.61 Å². The molecule has 1 fully saturated rings. The Balaban J connectivity index is 1.83. The minimum Gasteiger partial charge on any atom is -0.494 e. The third-order valence-electron chi connectivity index (χ3n) is 3.97. The zero-order valence-corrected chi connectivity index (χ0v) is 12.7. The highest BCUT2D eigenvalue weighted by Crippen LogP contribution is 2.21. The van der Waals surface area contributed by atoms with Crippen molar-refractivity contribution in [3.63, 3.8) is 0 Å². The van der Waals surface area contributed by atoms with Gasteiger partial charge in [-0.25, -0.2) is 0 Å². The predicted octanol–water partition coefficient (Wildman–Crippen LogP) is 2.44. The Bertz CT molecular complexity index is 461. The van der Waals surface area contributed by atoms with Crippen LogP contribution >= 0.6 is 0 Å². The highest BCUT2D eigenvalue weighted by atomic mass is 16.5. The third-order valence-corrected chi connectivity index (χ3v) is 3.97. The van der Waals surface area contributed by atoms with Gasteiger partial charge in [0, 0.05) is 6.42 Å². The minimum absolute atomic E-state index is 0.00671. The molecule has 2 rings (SSSR count). The lowest BCUT2D eigenvalue weighted by molar-refractivity contribution is -0.123. The Morgan fingerprint density at radius 3 is 2.86 bits per heavy atom. The molecule has 0 bridgehead atoms. The Morgan fingerprint density at radius 1 is 1.33 bits per heavy atom. The molecule has 1 aromatic rings. The van der Waals surface area contributed by atoms with E-state index < -0.39 is 6.10 Å². The van der Waals surface area contributed by atoms with Gasteiger partial charge in [-0.3, -0.25) is 4.79 Å². The van der Waals surface area contributed by atoms with Gasteiger partial charge in [0.1, 0.15) is 5.75 Å². The number of hydrogen-bond acceptors (Lipinski definition) is 3. The van der Waals surface area contributed by atoms with Crippen LogP contribution in [-0.2, 0) is 11.2 Å². The van der Waals surface area contributed by atoms with Crippen LogP contribution in [0.25, 0.3) is 0 Å². The lowest BCUT2D eigenvalue weighted by Gasteiger charge is -2.28. The van der Waals surface area contributed by atoms with E-state index in [0.717, 1.165) is 37.0 Å². The number of aryl methyl sites for hydroxylation is 1. The molecule has 1 aliphatic rings. The number of amides is 1. The fraction of sp³-hybridized carbons (Fsp3) is 0.588. The largest absolute Gasteiger partial charge is 0.494 e. The smallest absolute Gasteiger partial charge is 0.220 e. The maximum absolute atomic E-state index is 12.0. The maximum atomic E-state index is 12.0. The van der Waals surface area contributed by atoms with Crippen molar-refractivity contribution in [1.29, 1.82) is 0 Å². The molecule has 116 valence electrons. The number of para-hydroxylation sites is 1. The van der Waals surface area contributed by atoms with E-state index in [9.17, 15) is 9.90 Å². The Kier molecular flexibility index (Phi) is 6.05. The molecule has 0 radical (unpaired) electrons. The molecule has 4 nitrogen and oxygen atoms in total. The zero-order chi connectivity index (χ0) is 15.1. The molecule has 0 aliphatic heterocycles. The van der Waals surface area contributed by atoms with Gasteiger partial charge < -0.3 is 15.2 Å². The molecule has 1 aromatic carbocycles. The summed E-state index contributed by atoms with van der Waals surface area (Å²) in [6.07, 6.45) is 4.49. The maximum Gasteiger partial charge on any atom is 0.220 e. The highest BCUT2D eigenvalue weighted by Gasteiger charge is 2.24. The molecule has 0 spiro atoms. The van der Waals surface area contributed by atoms with Gasteiger partial charge in [0.05, 0.1) is 18.8 Å². The van der Waals surface area contributed by atoms with E-state index in [1.807, 2.05) is 31.2 Å². The number of hydrogen-bond donors (Lipinski definition) is 2. The first kappa shape index (κ1) is 15.8. The second-order valence-corrected chi connectivity index (χ2v) is 5.57. The number of rotatable bonds is 6. The highest BCUT2D eigenvalue weighted by molar-refractivity contribution is 5.76. The average Bonchev–Trinajstić information content (AvgIpc) is 2.49. The lowest BCUT2D eigenvalue weighted by atomic mass is 9.92. The summed E-state index contributed by atoms with van der Waals surface area (Å²) in [5, 5.41) is 12.8. The van der Waals surface area contributed by atoms with E-state index in [2.05, 4.69) is 5.32 Å². The Morgan fingerprint density at radius 2 is 2.10 bits per heavy atom. The van der Waals surface area contributed by atoms with Crippen LogP contribution < -0.4 is 10.1 Å². The first-order chi connectivity index (χ1) is 10.2. The van der Waals surface area contributed by atoms with Gasteiger partial charge in [-0.1, -0.05) is 31.0 Å². The molecule has 0 saturated heterocycles. The zero-order valence-electron chi connectivity index (χ0n) is 12.7. The summed E-state index contributed by atoms with van der Waals surface area (Å²) in [6.45, 7) is 2.57. The van der Waals surface area contributed by atoms with E-state index in [-0.39, 0.29) is 11.9 Å². The Hall–Kier alpha value is -1.55. The molecule has 1 aliphatic carbocycles. The summed E-state index contributed by atoms with van der Waals surface area (Å²) in [5.41, 5.74) is 1.05. The quantitative estimate of drug-likeness (QED) is 0.846. The van der Waals surface area contributed by atoms with Crippen molar-refractivity contribution in [2.45, 2.75) is 57.6 Å². The van der Waals surface area contributed by atoms with Gasteiger partial charge in [-0.05, 0) is 37.8 Å². The van der Waals surface area contributed by atoms with Gasteiger partial charge in [0.15, 0.2) is 0 Å². The number of aliphatic hydroxyl groups is 1. The van der Waals surface area contributed by atoms with Gasteiger partial charge >= 0.3 is 0 Å². The van der Waals surface area contributed by atoms with Crippen molar-refractivity contribution >= 4 is 5.91 Å². The fourth-order valence-corrected chi connectivity index (χ4v) is 2.81. The molecule has 4 heteroatoms. The normalized spacial score (nSPS) is 21.8. The molecule has 0 unspecified atom stereocenters. The van der Waals surface area contributed by atoms with Gasteiger partial charge in [-0.15, -0.1) is 0 Å². The molecule has 2 N–H and O–H groups in total.